The zero-order valence-corrected chi connectivity index (χ0v) is 20.7. The Kier molecular flexibility index (Phi) is 7.54. The molecule has 0 aliphatic carbocycles. The second-order valence-electron chi connectivity index (χ2n) is 8.34. The number of aromatic nitrogens is 1. The molecule has 1 amide bonds. The molecular weight excluding hydrogens is 532 g/mol. The number of nitrogens with zero attached hydrogens (tertiary/aromatic N) is 1. The zero-order chi connectivity index (χ0) is 27.7. The Hall–Kier alpha value is -3.80. The molecule has 0 unspecified atom stereocenters. The molecule has 2 aromatic carbocycles. The molecule has 12 heteroatoms. The third-order valence-corrected chi connectivity index (χ3v) is 6.67. The Morgan fingerprint density at radius 2 is 1.74 bits per heavy atom. The lowest BCUT2D eigenvalue weighted by Crippen LogP contribution is -2.13. The monoisotopic (exact) mass is 553 g/mol. The van der Waals surface area contributed by atoms with E-state index < -0.39 is 40.5 Å². The van der Waals surface area contributed by atoms with Gasteiger partial charge in [0.25, 0.3) is 5.91 Å². The number of unbranched alkanes of at least 4 members (excludes halogenated alkanes) is 1. The topological polar surface area (TPSA) is 77.2 Å². The number of thiophene rings is 1. The normalized spacial score (nSPS) is 12.1. The molecule has 0 aliphatic rings. The molecule has 0 bridgehead atoms. The maximum Gasteiger partial charge on any atom is 0.417 e. The number of halogens is 6. The van der Waals surface area contributed by atoms with Gasteiger partial charge in [-0.05, 0) is 55.0 Å². The Balaban J connectivity index is 1.71. The number of benzene rings is 2. The summed E-state index contributed by atoms with van der Waals surface area (Å²) in [6.07, 6.45) is -7.65. The molecule has 3 N–H and O–H groups in total. The van der Waals surface area contributed by atoms with Crippen molar-refractivity contribution in [1.29, 1.82) is 0 Å². The van der Waals surface area contributed by atoms with Crippen molar-refractivity contribution in [3.63, 3.8) is 0 Å². The molecule has 0 radical (unpaired) electrons. The van der Waals surface area contributed by atoms with E-state index in [1.165, 1.54) is 6.07 Å². The van der Waals surface area contributed by atoms with Gasteiger partial charge in [0.2, 0.25) is 0 Å². The summed E-state index contributed by atoms with van der Waals surface area (Å²) in [6.45, 7) is 2.53. The van der Waals surface area contributed by atoms with Crippen molar-refractivity contribution in [3.8, 4) is 17.0 Å². The average molecular weight is 554 g/mol. The summed E-state index contributed by atoms with van der Waals surface area (Å²) in [5.74, 6) is -0.388. The van der Waals surface area contributed by atoms with E-state index in [2.05, 4.69) is 10.3 Å². The summed E-state index contributed by atoms with van der Waals surface area (Å²) in [6, 6.07) is 11.1. The van der Waals surface area contributed by atoms with Crippen molar-refractivity contribution < 1.29 is 35.9 Å². The average Bonchev–Trinajstić information content (AvgIpc) is 3.19. The molecule has 0 saturated carbocycles. The van der Waals surface area contributed by atoms with Crippen LogP contribution in [0.2, 0.25) is 0 Å². The van der Waals surface area contributed by atoms with Gasteiger partial charge in [-0.1, -0.05) is 19.4 Å². The highest BCUT2D eigenvalue weighted by atomic mass is 32.1. The van der Waals surface area contributed by atoms with Crippen LogP contribution in [0.5, 0.6) is 5.75 Å². The molecule has 0 atom stereocenters. The van der Waals surface area contributed by atoms with Crippen LogP contribution in [0.25, 0.3) is 21.5 Å². The number of amides is 1. The van der Waals surface area contributed by atoms with Crippen molar-refractivity contribution in [1.82, 2.24) is 4.98 Å². The largest absolute Gasteiger partial charge is 0.494 e. The number of rotatable bonds is 7. The molecule has 0 aliphatic heterocycles. The maximum absolute atomic E-state index is 14.0. The van der Waals surface area contributed by atoms with Gasteiger partial charge in [-0.2, -0.15) is 26.3 Å². The van der Waals surface area contributed by atoms with Crippen LogP contribution in [0.3, 0.4) is 0 Å². The molecule has 5 nitrogen and oxygen atoms in total. The van der Waals surface area contributed by atoms with Crippen LogP contribution in [-0.4, -0.2) is 17.5 Å². The van der Waals surface area contributed by atoms with Crippen molar-refractivity contribution in [2.75, 3.05) is 17.7 Å². The first-order chi connectivity index (χ1) is 17.9. The number of anilines is 2. The van der Waals surface area contributed by atoms with Gasteiger partial charge < -0.3 is 15.8 Å². The van der Waals surface area contributed by atoms with E-state index in [0.717, 1.165) is 31.0 Å². The number of nitrogens with one attached hydrogen (secondary N) is 1. The van der Waals surface area contributed by atoms with Crippen molar-refractivity contribution in [2.45, 2.75) is 32.1 Å². The van der Waals surface area contributed by atoms with E-state index >= 15 is 0 Å². The van der Waals surface area contributed by atoms with Crippen LogP contribution < -0.4 is 15.8 Å². The first-order valence-corrected chi connectivity index (χ1v) is 12.2. The first-order valence-electron chi connectivity index (χ1n) is 11.4. The van der Waals surface area contributed by atoms with Crippen LogP contribution in [0.1, 0.15) is 40.6 Å². The molecular formula is C26H21F6N3O2S. The first kappa shape index (κ1) is 27.2. The Labute approximate surface area is 217 Å². The molecule has 38 heavy (non-hydrogen) atoms. The van der Waals surface area contributed by atoms with Gasteiger partial charge in [0, 0.05) is 16.6 Å². The molecule has 0 spiro atoms. The summed E-state index contributed by atoms with van der Waals surface area (Å²) in [4.78, 5) is 16.7. The molecule has 2 heterocycles. The number of carbonyl (C=O) groups is 1. The smallest absolute Gasteiger partial charge is 0.417 e. The molecule has 4 rings (SSSR count). The van der Waals surface area contributed by atoms with E-state index in [9.17, 15) is 31.1 Å². The number of nitrogen functional groups attached to an aromatic ring is 1. The highest BCUT2D eigenvalue weighted by Gasteiger charge is 2.36. The van der Waals surface area contributed by atoms with Gasteiger partial charge in [0.15, 0.2) is 0 Å². The predicted molar refractivity (Wildman–Crippen MR) is 134 cm³/mol. The standard InChI is InChI=1S/C26H21F6N3O2S/c1-2-3-11-37-17-9-7-14(8-10-17)19-13-18(26(30,31)32)20-21(33)22(38-24(20)35-19)23(36)34-16-6-4-5-15(12-16)25(27,28)29/h4-10,12-13H,2-3,11,33H2,1H3,(H,34,36). The second kappa shape index (κ2) is 10.5. The predicted octanol–water partition coefficient (Wildman–Crippen LogP) is 8.01. The molecule has 200 valence electrons. The zero-order valence-electron chi connectivity index (χ0n) is 19.8. The van der Waals surface area contributed by atoms with Gasteiger partial charge in [-0.15, -0.1) is 11.3 Å². The van der Waals surface area contributed by atoms with Gasteiger partial charge in [0.05, 0.1) is 29.1 Å². The lowest BCUT2D eigenvalue weighted by atomic mass is 10.1. The van der Waals surface area contributed by atoms with Crippen LogP contribution in [0.15, 0.2) is 54.6 Å². The fraction of sp³-hybridized carbons (Fsp3) is 0.231. The summed E-state index contributed by atoms with van der Waals surface area (Å²) in [5.41, 5.74) is 3.66. The fourth-order valence-electron chi connectivity index (χ4n) is 3.68. The molecule has 4 aromatic rings. The number of alkyl halides is 6. The van der Waals surface area contributed by atoms with Gasteiger partial charge in [-0.3, -0.25) is 4.79 Å². The van der Waals surface area contributed by atoms with E-state index in [1.54, 1.807) is 24.3 Å². The van der Waals surface area contributed by atoms with Crippen LogP contribution in [0, 0.1) is 0 Å². The Morgan fingerprint density at radius 3 is 2.37 bits per heavy atom. The van der Waals surface area contributed by atoms with E-state index in [0.29, 0.717) is 35.3 Å². The minimum Gasteiger partial charge on any atom is -0.494 e. The van der Waals surface area contributed by atoms with Crippen molar-refractivity contribution >= 4 is 38.8 Å². The number of hydrogen-bond acceptors (Lipinski definition) is 5. The third-order valence-electron chi connectivity index (χ3n) is 5.58. The Morgan fingerprint density at radius 1 is 1.03 bits per heavy atom. The van der Waals surface area contributed by atoms with Crippen molar-refractivity contribution in [3.05, 3.63) is 70.6 Å². The minimum absolute atomic E-state index is 0.0102. The molecule has 2 aromatic heterocycles. The maximum atomic E-state index is 14.0. The quantitative estimate of drug-likeness (QED) is 0.180. The second-order valence-corrected chi connectivity index (χ2v) is 9.34. The minimum atomic E-state index is -4.82. The van der Waals surface area contributed by atoms with Gasteiger partial charge in [0.1, 0.15) is 15.5 Å². The number of ether oxygens (including phenoxy) is 1. The van der Waals surface area contributed by atoms with Crippen molar-refractivity contribution in [2.24, 2.45) is 0 Å². The van der Waals surface area contributed by atoms with E-state index in [-0.39, 0.29) is 21.1 Å². The lowest BCUT2D eigenvalue weighted by molar-refractivity contribution is -0.138. The summed E-state index contributed by atoms with van der Waals surface area (Å²) < 4.78 is 86.7. The number of pyridine rings is 1. The highest BCUT2D eigenvalue weighted by molar-refractivity contribution is 7.21. The summed E-state index contributed by atoms with van der Waals surface area (Å²) in [5, 5.41) is 1.83. The highest BCUT2D eigenvalue weighted by Crippen LogP contribution is 2.44. The van der Waals surface area contributed by atoms with Gasteiger partial charge >= 0.3 is 12.4 Å². The summed E-state index contributed by atoms with van der Waals surface area (Å²) >= 11 is 0.622. The summed E-state index contributed by atoms with van der Waals surface area (Å²) in [7, 11) is 0. The SMILES string of the molecule is CCCCOc1ccc(-c2cc(C(F)(F)F)c3c(N)c(C(=O)Nc4cccc(C(F)(F)F)c4)sc3n2)cc1. The number of carbonyl (C=O) groups excluding carboxylic acids is 1. The number of fused-ring (bicyclic) bond motifs is 1. The fourth-order valence-corrected chi connectivity index (χ4v) is 4.69. The number of hydrogen-bond donors (Lipinski definition) is 2. The van der Waals surface area contributed by atoms with Crippen LogP contribution >= 0.6 is 11.3 Å². The molecule has 0 fully saturated rings. The lowest BCUT2D eigenvalue weighted by Gasteiger charge is -2.12. The van der Waals surface area contributed by atoms with E-state index in [1.807, 2.05) is 6.92 Å². The number of nitrogens with two attached hydrogens (primary N) is 1. The van der Waals surface area contributed by atoms with E-state index in [4.69, 9.17) is 10.5 Å². The Bertz CT molecular complexity index is 1460. The van der Waals surface area contributed by atoms with Crippen LogP contribution in [0.4, 0.5) is 37.7 Å². The van der Waals surface area contributed by atoms with Crippen LogP contribution in [-0.2, 0) is 12.4 Å². The van der Waals surface area contributed by atoms with Gasteiger partial charge in [-0.25, -0.2) is 4.98 Å². The molecule has 0 saturated heterocycles. The third kappa shape index (κ3) is 5.85.